The number of halogens is 5. The molecule has 21 heavy (non-hydrogen) atoms. The molecule has 5 nitrogen and oxygen atoms in total. The van der Waals surface area contributed by atoms with Gasteiger partial charge in [-0.1, -0.05) is 19.3 Å². The summed E-state index contributed by atoms with van der Waals surface area (Å²) in [6.07, 6.45) is -5.91. The molecule has 11 heteroatoms. The molecule has 0 saturated heterocycles. The van der Waals surface area contributed by atoms with Crippen molar-refractivity contribution in [2.24, 2.45) is 5.92 Å². The van der Waals surface area contributed by atoms with Crippen LogP contribution in [0.15, 0.2) is 0 Å². The third-order valence-corrected chi connectivity index (χ3v) is 4.54. The fourth-order valence-electron chi connectivity index (χ4n) is 2.64. The van der Waals surface area contributed by atoms with Gasteiger partial charge in [-0.3, -0.25) is 9.35 Å². The van der Waals surface area contributed by atoms with E-state index in [1.54, 1.807) is 0 Å². The minimum Gasteiger partial charge on any atom is -0.443 e. The predicted molar refractivity (Wildman–Crippen MR) is 59.0 cm³/mol. The molecule has 1 atom stereocenters. The number of hydrogen-bond donors (Lipinski definition) is 1. The number of carbonyl (C=O) groups is 1. The molecular formula is C10H13F5O5S. The first-order valence-corrected chi connectivity index (χ1v) is 7.39. The Morgan fingerprint density at radius 2 is 1.52 bits per heavy atom. The number of rotatable bonds is 5. The summed E-state index contributed by atoms with van der Waals surface area (Å²) in [6, 6.07) is 0. The maximum absolute atomic E-state index is 13.9. The Morgan fingerprint density at radius 1 is 1.05 bits per heavy atom. The van der Waals surface area contributed by atoms with E-state index in [2.05, 4.69) is 4.74 Å². The fraction of sp³-hybridized carbons (Fsp3) is 0.900. The van der Waals surface area contributed by atoms with Crippen LogP contribution < -0.4 is 0 Å². The van der Waals surface area contributed by atoms with E-state index in [4.69, 9.17) is 4.55 Å². The van der Waals surface area contributed by atoms with Gasteiger partial charge in [-0.25, -0.2) is 0 Å². The lowest BCUT2D eigenvalue weighted by Gasteiger charge is -2.44. The van der Waals surface area contributed by atoms with E-state index in [9.17, 15) is 35.2 Å². The second kappa shape index (κ2) is 5.67. The van der Waals surface area contributed by atoms with Gasteiger partial charge in [0.1, 0.15) is 0 Å². The summed E-state index contributed by atoms with van der Waals surface area (Å²) < 4.78 is 101. The first-order chi connectivity index (χ1) is 9.42. The van der Waals surface area contributed by atoms with Gasteiger partial charge >= 0.3 is 21.5 Å². The lowest BCUT2D eigenvalue weighted by atomic mass is 9.76. The number of hydrogen-bond acceptors (Lipinski definition) is 4. The largest absolute Gasteiger partial charge is 0.443 e. The van der Waals surface area contributed by atoms with E-state index in [1.165, 1.54) is 0 Å². The van der Waals surface area contributed by atoms with Crippen molar-refractivity contribution in [3.63, 3.8) is 0 Å². The Kier molecular flexibility index (Phi) is 4.88. The lowest BCUT2D eigenvalue weighted by Crippen LogP contribution is -2.67. The van der Waals surface area contributed by atoms with Gasteiger partial charge < -0.3 is 4.74 Å². The highest BCUT2D eigenvalue weighted by atomic mass is 32.2. The van der Waals surface area contributed by atoms with Gasteiger partial charge in [0, 0.05) is 5.92 Å². The maximum atomic E-state index is 13.9. The molecule has 0 spiro atoms. The van der Waals surface area contributed by atoms with Crippen molar-refractivity contribution in [3.05, 3.63) is 0 Å². The van der Waals surface area contributed by atoms with Crippen molar-refractivity contribution in [3.8, 4) is 0 Å². The molecule has 1 saturated carbocycles. The molecule has 0 bridgehead atoms. The molecule has 0 heterocycles. The zero-order chi connectivity index (χ0) is 16.5. The Labute approximate surface area is 117 Å². The predicted octanol–water partition coefficient (Wildman–Crippen LogP) is 2.52. The van der Waals surface area contributed by atoms with Crippen LogP contribution in [-0.4, -0.2) is 36.5 Å². The molecule has 1 fully saturated rings. The van der Waals surface area contributed by atoms with Crippen molar-refractivity contribution in [1.82, 2.24) is 0 Å². The average Bonchev–Trinajstić information content (AvgIpc) is 2.33. The first-order valence-electron chi connectivity index (χ1n) is 5.95. The van der Waals surface area contributed by atoms with Gasteiger partial charge in [0.05, 0.1) is 0 Å². The van der Waals surface area contributed by atoms with E-state index >= 15 is 0 Å². The Bertz CT molecular complexity index is 483. The van der Waals surface area contributed by atoms with Crippen LogP contribution in [-0.2, 0) is 19.6 Å². The summed E-state index contributed by atoms with van der Waals surface area (Å²) in [6.45, 7) is -0.874. The van der Waals surface area contributed by atoms with Crippen LogP contribution in [0.25, 0.3) is 0 Å². The monoisotopic (exact) mass is 340 g/mol. The molecular weight excluding hydrogens is 327 g/mol. The molecule has 0 aromatic rings. The van der Waals surface area contributed by atoms with Gasteiger partial charge in [-0.15, -0.1) is 0 Å². The zero-order valence-electron chi connectivity index (χ0n) is 10.6. The Balaban J connectivity index is 3.56. The highest BCUT2D eigenvalue weighted by molar-refractivity contribution is 7.87. The van der Waals surface area contributed by atoms with Crippen LogP contribution in [0.5, 0.6) is 0 Å². The summed E-state index contributed by atoms with van der Waals surface area (Å²) in [5.74, 6) is -1.96. The summed E-state index contributed by atoms with van der Waals surface area (Å²) in [5.41, 5.74) is -4.60. The maximum Gasteiger partial charge on any atom is 0.436 e. The molecule has 124 valence electrons. The van der Waals surface area contributed by atoms with Crippen LogP contribution >= 0.6 is 0 Å². The minimum absolute atomic E-state index is 0.145. The van der Waals surface area contributed by atoms with E-state index in [0.717, 1.165) is 0 Å². The van der Waals surface area contributed by atoms with Crippen LogP contribution in [0.3, 0.4) is 0 Å². The quantitative estimate of drug-likeness (QED) is 0.472. The Morgan fingerprint density at radius 3 is 1.86 bits per heavy atom. The third-order valence-electron chi connectivity index (χ3n) is 3.59. The van der Waals surface area contributed by atoms with Gasteiger partial charge in [-0.2, -0.15) is 30.4 Å². The van der Waals surface area contributed by atoms with Crippen LogP contribution in [0, 0.1) is 5.92 Å². The molecule has 1 aliphatic carbocycles. The SMILES string of the molecule is O=COC(C1CCCCC1)(C(F)(F)F)C(F)(F)S(=O)(=O)O. The first kappa shape index (κ1) is 18.1. The minimum atomic E-state index is -6.45. The van der Waals surface area contributed by atoms with Crippen molar-refractivity contribution >= 4 is 16.6 Å². The lowest BCUT2D eigenvalue weighted by molar-refractivity contribution is -0.332. The van der Waals surface area contributed by atoms with E-state index in [1.807, 2.05) is 0 Å². The molecule has 0 aliphatic heterocycles. The zero-order valence-corrected chi connectivity index (χ0v) is 11.4. The molecule has 1 aliphatic rings. The molecule has 0 aromatic heterocycles. The fourth-order valence-corrected chi connectivity index (χ4v) is 3.36. The smallest absolute Gasteiger partial charge is 0.436 e. The molecule has 0 aromatic carbocycles. The van der Waals surface area contributed by atoms with Crippen molar-refractivity contribution in [2.45, 2.75) is 49.1 Å². The average molecular weight is 340 g/mol. The van der Waals surface area contributed by atoms with Gasteiger partial charge in [0.15, 0.2) is 0 Å². The van der Waals surface area contributed by atoms with Gasteiger partial charge in [0.2, 0.25) is 0 Å². The Hall–Kier alpha value is -0.970. The van der Waals surface area contributed by atoms with Crippen LogP contribution in [0.2, 0.25) is 0 Å². The van der Waals surface area contributed by atoms with Crippen molar-refractivity contribution in [2.75, 3.05) is 0 Å². The highest BCUT2D eigenvalue weighted by Gasteiger charge is 2.80. The number of alkyl halides is 5. The van der Waals surface area contributed by atoms with Crippen molar-refractivity contribution < 1.29 is 44.5 Å². The van der Waals surface area contributed by atoms with E-state index < -0.39 is 52.4 Å². The van der Waals surface area contributed by atoms with Gasteiger partial charge in [-0.05, 0) is 12.8 Å². The number of ether oxygens (including phenoxy) is 1. The normalized spacial score (nSPS) is 21.6. The highest BCUT2D eigenvalue weighted by Crippen LogP contribution is 2.54. The molecule has 0 amide bonds. The summed E-state index contributed by atoms with van der Waals surface area (Å²) in [4.78, 5) is 10.4. The molecule has 0 radical (unpaired) electrons. The van der Waals surface area contributed by atoms with E-state index in [-0.39, 0.29) is 12.8 Å². The summed E-state index contributed by atoms with van der Waals surface area (Å²) in [5, 5.41) is -5.71. The second-order valence-corrected chi connectivity index (χ2v) is 6.24. The van der Waals surface area contributed by atoms with Gasteiger partial charge in [0.25, 0.3) is 12.1 Å². The molecule has 1 N–H and O–H groups in total. The van der Waals surface area contributed by atoms with Crippen LogP contribution in [0.1, 0.15) is 32.1 Å². The van der Waals surface area contributed by atoms with E-state index in [0.29, 0.717) is 6.42 Å². The molecule has 1 rings (SSSR count). The van der Waals surface area contributed by atoms with Crippen molar-refractivity contribution in [1.29, 1.82) is 0 Å². The second-order valence-electron chi connectivity index (χ2n) is 4.77. The summed E-state index contributed by atoms with van der Waals surface area (Å²) in [7, 11) is -6.45. The topological polar surface area (TPSA) is 80.7 Å². The third kappa shape index (κ3) is 2.85. The molecule has 1 unspecified atom stereocenters. The summed E-state index contributed by atoms with van der Waals surface area (Å²) >= 11 is 0. The number of carbonyl (C=O) groups excluding carboxylic acids is 1. The standard InChI is InChI=1S/C10H13F5O5S/c11-9(12,13)8(20-6-16,7-4-2-1-3-5-7)10(14,15)21(17,18)19/h6-7H,1-5H2,(H,17,18,19). The van der Waals surface area contributed by atoms with Crippen LogP contribution in [0.4, 0.5) is 22.0 Å².